The van der Waals surface area contributed by atoms with Crippen LogP contribution in [0, 0.1) is 0 Å². The van der Waals surface area contributed by atoms with E-state index in [1.54, 1.807) is 42.5 Å². The Bertz CT molecular complexity index is 1220. The van der Waals surface area contributed by atoms with Gasteiger partial charge in [-0.25, -0.2) is 0 Å². The highest BCUT2D eigenvalue weighted by molar-refractivity contribution is 6.00. The summed E-state index contributed by atoms with van der Waals surface area (Å²) in [6, 6.07) is 20.5. The lowest BCUT2D eigenvalue weighted by Crippen LogP contribution is -2.35. The van der Waals surface area contributed by atoms with Gasteiger partial charge in [0, 0.05) is 17.2 Å². The van der Waals surface area contributed by atoms with Gasteiger partial charge in [0.05, 0.1) is 6.04 Å². The number of amides is 1. The Morgan fingerprint density at radius 2 is 1.74 bits per heavy atom. The molecule has 1 fully saturated rings. The molecule has 0 saturated carbocycles. The fourth-order valence-electron chi connectivity index (χ4n) is 4.59. The molecule has 5 rings (SSSR count). The highest BCUT2D eigenvalue weighted by Gasteiger charge is 2.29. The second-order valence-corrected chi connectivity index (χ2v) is 8.96. The Balaban J connectivity index is 1.11. The topological polar surface area (TPSA) is 99.9 Å². The van der Waals surface area contributed by atoms with Crippen LogP contribution in [0.1, 0.15) is 51.1 Å². The first-order valence-electron chi connectivity index (χ1n) is 11.9. The summed E-state index contributed by atoms with van der Waals surface area (Å²) in [5.41, 5.74) is 8.51. The van der Waals surface area contributed by atoms with Crippen molar-refractivity contribution in [3.05, 3.63) is 89.0 Å². The maximum absolute atomic E-state index is 13.0. The van der Waals surface area contributed by atoms with Gasteiger partial charge >= 0.3 is 0 Å². The minimum atomic E-state index is -0.467. The summed E-state index contributed by atoms with van der Waals surface area (Å²) >= 11 is 0. The number of hydrogen-bond acceptors (Lipinski definition) is 6. The first-order valence-corrected chi connectivity index (χ1v) is 11.9. The van der Waals surface area contributed by atoms with E-state index >= 15 is 0 Å². The molecule has 2 aliphatic rings. The van der Waals surface area contributed by atoms with Crippen LogP contribution >= 0.6 is 0 Å². The molecule has 2 heterocycles. The number of benzene rings is 3. The summed E-state index contributed by atoms with van der Waals surface area (Å²) in [5.74, 6) is 1.90. The molecule has 35 heavy (non-hydrogen) atoms. The molecule has 0 spiro atoms. The lowest BCUT2D eigenvalue weighted by Gasteiger charge is -2.14. The second-order valence-electron chi connectivity index (χ2n) is 8.96. The van der Waals surface area contributed by atoms with Crippen LogP contribution in [0.5, 0.6) is 17.2 Å². The van der Waals surface area contributed by atoms with E-state index in [4.69, 9.17) is 19.9 Å². The van der Waals surface area contributed by atoms with Gasteiger partial charge in [0.1, 0.15) is 12.4 Å². The zero-order valence-corrected chi connectivity index (χ0v) is 19.4. The molecule has 7 heteroatoms. The molecule has 0 bridgehead atoms. The maximum atomic E-state index is 13.0. The maximum Gasteiger partial charge on any atom is 0.248 e. The smallest absolute Gasteiger partial charge is 0.248 e. The van der Waals surface area contributed by atoms with Crippen molar-refractivity contribution >= 4 is 11.7 Å². The molecule has 2 aliphatic heterocycles. The molecule has 1 amide bonds. The third-order valence-corrected chi connectivity index (χ3v) is 6.53. The van der Waals surface area contributed by atoms with Crippen LogP contribution in [0.25, 0.3) is 0 Å². The predicted molar refractivity (Wildman–Crippen MR) is 131 cm³/mol. The van der Waals surface area contributed by atoms with Crippen molar-refractivity contribution in [1.82, 2.24) is 5.32 Å². The van der Waals surface area contributed by atoms with E-state index in [9.17, 15) is 9.59 Å². The zero-order chi connectivity index (χ0) is 24.2. The lowest BCUT2D eigenvalue weighted by atomic mass is 10.0. The monoisotopic (exact) mass is 472 g/mol. The Morgan fingerprint density at radius 1 is 0.914 bits per heavy atom. The van der Waals surface area contributed by atoms with Gasteiger partial charge in [0.2, 0.25) is 12.7 Å². The van der Waals surface area contributed by atoms with Crippen molar-refractivity contribution in [2.24, 2.45) is 5.73 Å². The quantitative estimate of drug-likeness (QED) is 0.456. The van der Waals surface area contributed by atoms with Gasteiger partial charge < -0.3 is 25.3 Å². The summed E-state index contributed by atoms with van der Waals surface area (Å²) in [6.07, 6.45) is 3.70. The molecular weight excluding hydrogens is 444 g/mol. The van der Waals surface area contributed by atoms with Crippen LogP contribution in [-0.2, 0) is 13.0 Å². The van der Waals surface area contributed by atoms with Gasteiger partial charge in [-0.05, 0) is 85.3 Å². The number of ether oxygens (including phenoxy) is 3. The summed E-state index contributed by atoms with van der Waals surface area (Å²) in [7, 11) is 0. The minimum absolute atomic E-state index is 0.108. The molecule has 1 saturated heterocycles. The average molecular weight is 473 g/mol. The summed E-state index contributed by atoms with van der Waals surface area (Å²) in [4.78, 5) is 24.3. The fourth-order valence-corrected chi connectivity index (χ4v) is 4.59. The molecular formula is C28H28N2O5. The van der Waals surface area contributed by atoms with E-state index in [-0.39, 0.29) is 18.6 Å². The van der Waals surface area contributed by atoms with Crippen molar-refractivity contribution in [3.8, 4) is 17.2 Å². The van der Waals surface area contributed by atoms with Crippen molar-refractivity contribution in [1.29, 1.82) is 0 Å². The Hall–Kier alpha value is -3.84. The lowest BCUT2D eigenvalue weighted by molar-refractivity contribution is 0.0948. The van der Waals surface area contributed by atoms with Gasteiger partial charge in [0.15, 0.2) is 17.3 Å². The second kappa shape index (κ2) is 10.2. The highest BCUT2D eigenvalue weighted by Crippen LogP contribution is 2.33. The van der Waals surface area contributed by atoms with E-state index in [1.165, 1.54) is 5.56 Å². The number of carbonyl (C=O) groups is 2. The van der Waals surface area contributed by atoms with Crippen molar-refractivity contribution in [2.75, 3.05) is 6.79 Å². The molecule has 0 radical (unpaired) electrons. The average Bonchev–Trinajstić information content (AvgIpc) is 3.55. The number of ketones is 1. The van der Waals surface area contributed by atoms with E-state index in [2.05, 4.69) is 11.4 Å². The minimum Gasteiger partial charge on any atom is -0.489 e. The molecule has 3 aromatic rings. The molecule has 2 atom stereocenters. The molecule has 7 nitrogen and oxygen atoms in total. The molecule has 3 aromatic carbocycles. The number of hydrogen-bond donors (Lipinski definition) is 2. The third-order valence-electron chi connectivity index (χ3n) is 6.53. The van der Waals surface area contributed by atoms with Gasteiger partial charge in [-0.3, -0.25) is 9.59 Å². The van der Waals surface area contributed by atoms with Gasteiger partial charge in [-0.15, -0.1) is 0 Å². The van der Waals surface area contributed by atoms with Crippen LogP contribution in [0.3, 0.4) is 0 Å². The highest BCUT2D eigenvalue weighted by atomic mass is 16.7. The van der Waals surface area contributed by atoms with Crippen LogP contribution < -0.4 is 25.3 Å². The zero-order valence-electron chi connectivity index (χ0n) is 19.4. The van der Waals surface area contributed by atoms with Crippen LogP contribution in [-0.4, -0.2) is 30.6 Å². The Labute approximate surface area is 204 Å². The number of fused-ring (bicyclic) bond motifs is 1. The molecule has 0 aromatic heterocycles. The normalized spacial score (nSPS) is 18.4. The summed E-state index contributed by atoms with van der Waals surface area (Å²) in [5, 5.41) is 3.51. The summed E-state index contributed by atoms with van der Waals surface area (Å²) in [6.45, 7) is 0.592. The summed E-state index contributed by atoms with van der Waals surface area (Å²) < 4.78 is 16.6. The number of carbonyl (C=O) groups excluding carboxylic acids is 2. The molecule has 180 valence electrons. The van der Waals surface area contributed by atoms with Crippen molar-refractivity contribution in [2.45, 2.75) is 44.4 Å². The van der Waals surface area contributed by atoms with Crippen molar-refractivity contribution < 1.29 is 23.8 Å². The first-order chi connectivity index (χ1) is 17.0. The van der Waals surface area contributed by atoms with E-state index in [0.717, 1.165) is 42.7 Å². The molecule has 3 N–H and O–H groups in total. The fraction of sp³-hybridized carbons (Fsp3) is 0.286. The number of nitrogens with two attached hydrogens (primary N) is 1. The first kappa shape index (κ1) is 22.9. The van der Waals surface area contributed by atoms with Crippen LogP contribution in [0.15, 0.2) is 66.7 Å². The number of rotatable bonds is 9. The SMILES string of the molecule is NC(=O)c1cccc(COc2ccc(C(=O)C3CCC(CCc4ccc5c(c4)OCO5)N3)cc2)c1. The number of primary amides is 1. The van der Waals surface area contributed by atoms with Gasteiger partial charge in [0.25, 0.3) is 0 Å². The van der Waals surface area contributed by atoms with E-state index in [1.807, 2.05) is 18.2 Å². The Morgan fingerprint density at radius 3 is 2.57 bits per heavy atom. The number of Topliss-reactive ketones (excluding diaryl/α,β-unsaturated/α-hetero) is 1. The van der Waals surface area contributed by atoms with E-state index in [0.29, 0.717) is 29.5 Å². The standard InChI is InChI=1S/C28H28N2O5/c29-28(32)21-3-1-2-19(14-21)16-33-23-10-6-20(7-11-23)27(31)24-12-9-22(30-24)8-4-18-5-13-25-26(15-18)35-17-34-25/h1-3,5-7,10-11,13-15,22,24,30H,4,8-9,12,16-17H2,(H2,29,32). The van der Waals surface area contributed by atoms with Crippen LogP contribution in [0.2, 0.25) is 0 Å². The third kappa shape index (κ3) is 5.46. The molecule has 0 aliphatic carbocycles. The van der Waals surface area contributed by atoms with Gasteiger partial charge in [-0.1, -0.05) is 18.2 Å². The Kier molecular flexibility index (Phi) is 6.68. The number of aryl methyl sites for hydroxylation is 1. The predicted octanol–water partition coefficient (Wildman–Crippen LogP) is 4.03. The van der Waals surface area contributed by atoms with Gasteiger partial charge in [-0.2, -0.15) is 0 Å². The number of nitrogens with one attached hydrogen (secondary N) is 1. The van der Waals surface area contributed by atoms with Crippen LogP contribution in [0.4, 0.5) is 0 Å². The van der Waals surface area contributed by atoms with E-state index < -0.39 is 5.91 Å². The molecule has 2 unspecified atom stereocenters. The largest absolute Gasteiger partial charge is 0.489 e. The van der Waals surface area contributed by atoms with Crippen molar-refractivity contribution in [3.63, 3.8) is 0 Å².